The summed E-state index contributed by atoms with van der Waals surface area (Å²) in [5.74, 6) is 0. The van der Waals surface area contributed by atoms with E-state index >= 15 is 0 Å². The van der Waals surface area contributed by atoms with Crippen LogP contribution in [0.1, 0.15) is 5.69 Å². The summed E-state index contributed by atoms with van der Waals surface area (Å²) in [6.45, 7) is 0. The molecule has 0 fully saturated rings. The average Bonchev–Trinajstić information content (AvgIpc) is 2.78. The van der Waals surface area contributed by atoms with Gasteiger partial charge in [0.15, 0.2) is 5.69 Å². The summed E-state index contributed by atoms with van der Waals surface area (Å²) in [5, 5.41) is 0.464. The molecule has 0 aliphatic carbocycles. The second-order valence-corrected chi connectivity index (χ2v) is 4.68. The second kappa shape index (κ2) is 4.52. The number of alkyl halides is 3. The standard InChI is InChI=1S/C14H8ClF3N2/c15-10-6-4-9(5-7-10)12-13(14(16,17)18)20-8-2-1-3-11(20)19-12/h1-8H. The lowest BCUT2D eigenvalue weighted by Crippen LogP contribution is -2.10. The number of imidazole rings is 1. The van der Waals surface area contributed by atoms with Gasteiger partial charge in [0.1, 0.15) is 11.3 Å². The molecule has 0 unspecified atom stereocenters. The highest BCUT2D eigenvalue weighted by molar-refractivity contribution is 6.30. The molecule has 20 heavy (non-hydrogen) atoms. The lowest BCUT2D eigenvalue weighted by molar-refractivity contribution is -0.141. The van der Waals surface area contributed by atoms with E-state index in [-0.39, 0.29) is 11.3 Å². The Morgan fingerprint density at radius 2 is 1.70 bits per heavy atom. The number of nitrogens with zero attached hydrogens (tertiary/aromatic N) is 2. The van der Waals surface area contributed by atoms with Gasteiger partial charge in [0.25, 0.3) is 0 Å². The average molecular weight is 297 g/mol. The molecular formula is C14H8ClF3N2. The molecule has 102 valence electrons. The molecule has 6 heteroatoms. The number of hydrogen-bond acceptors (Lipinski definition) is 1. The number of aromatic nitrogens is 2. The molecule has 0 saturated heterocycles. The Balaban J connectivity index is 2.32. The summed E-state index contributed by atoms with van der Waals surface area (Å²) in [7, 11) is 0. The van der Waals surface area contributed by atoms with Crippen molar-refractivity contribution in [2.24, 2.45) is 0 Å². The van der Waals surface area contributed by atoms with Crippen LogP contribution in [0.25, 0.3) is 16.9 Å². The van der Waals surface area contributed by atoms with Crippen LogP contribution in [0.5, 0.6) is 0 Å². The Hall–Kier alpha value is -2.01. The number of pyridine rings is 1. The molecule has 3 rings (SSSR count). The topological polar surface area (TPSA) is 17.3 Å². The molecule has 0 aliphatic rings. The molecule has 0 radical (unpaired) electrons. The number of benzene rings is 1. The van der Waals surface area contributed by atoms with E-state index in [0.717, 1.165) is 4.40 Å². The van der Waals surface area contributed by atoms with Gasteiger partial charge in [0.2, 0.25) is 0 Å². The fraction of sp³-hybridized carbons (Fsp3) is 0.0714. The van der Waals surface area contributed by atoms with Crippen LogP contribution in [0, 0.1) is 0 Å². The Bertz CT molecular complexity index is 760. The van der Waals surface area contributed by atoms with Crippen molar-refractivity contribution in [2.45, 2.75) is 6.18 Å². The van der Waals surface area contributed by atoms with Crippen LogP contribution in [0.2, 0.25) is 5.02 Å². The minimum atomic E-state index is -4.49. The van der Waals surface area contributed by atoms with Gasteiger partial charge in [-0.25, -0.2) is 4.98 Å². The van der Waals surface area contributed by atoms with Crippen molar-refractivity contribution in [1.29, 1.82) is 0 Å². The quantitative estimate of drug-likeness (QED) is 0.637. The zero-order valence-electron chi connectivity index (χ0n) is 10.0. The first-order valence-corrected chi connectivity index (χ1v) is 6.15. The predicted octanol–water partition coefficient (Wildman–Crippen LogP) is 4.67. The molecule has 0 amide bonds. The van der Waals surface area contributed by atoms with Gasteiger partial charge in [-0.1, -0.05) is 29.8 Å². The van der Waals surface area contributed by atoms with Gasteiger partial charge in [-0.15, -0.1) is 0 Å². The van der Waals surface area contributed by atoms with Crippen LogP contribution in [0.15, 0.2) is 48.7 Å². The Labute approximate surface area is 117 Å². The number of halogens is 4. The van der Waals surface area contributed by atoms with E-state index in [1.807, 2.05) is 0 Å². The molecule has 2 nitrogen and oxygen atoms in total. The molecule has 0 bridgehead atoms. The largest absolute Gasteiger partial charge is 0.433 e. The van der Waals surface area contributed by atoms with Gasteiger partial charge in [-0.05, 0) is 24.3 Å². The van der Waals surface area contributed by atoms with Crippen LogP contribution >= 0.6 is 11.6 Å². The highest BCUT2D eigenvalue weighted by Crippen LogP contribution is 2.37. The molecule has 1 aromatic carbocycles. The van der Waals surface area contributed by atoms with Crippen LogP contribution in [0.3, 0.4) is 0 Å². The molecule has 3 aromatic rings. The maximum absolute atomic E-state index is 13.3. The third kappa shape index (κ3) is 2.14. The second-order valence-electron chi connectivity index (χ2n) is 4.24. The van der Waals surface area contributed by atoms with Gasteiger partial charge in [-0.2, -0.15) is 13.2 Å². The fourth-order valence-electron chi connectivity index (χ4n) is 2.08. The monoisotopic (exact) mass is 296 g/mol. The Morgan fingerprint density at radius 1 is 1.00 bits per heavy atom. The van der Waals surface area contributed by atoms with E-state index in [1.165, 1.54) is 30.5 Å². The maximum Gasteiger partial charge on any atom is 0.433 e. The van der Waals surface area contributed by atoms with Crippen molar-refractivity contribution >= 4 is 17.2 Å². The van der Waals surface area contributed by atoms with Crippen LogP contribution < -0.4 is 0 Å². The van der Waals surface area contributed by atoms with Gasteiger partial charge >= 0.3 is 6.18 Å². The summed E-state index contributed by atoms with van der Waals surface area (Å²) in [6, 6.07) is 10.9. The molecule has 0 atom stereocenters. The Kier molecular flexibility index (Phi) is 2.94. The van der Waals surface area contributed by atoms with Crippen LogP contribution in [-0.4, -0.2) is 9.38 Å². The van der Waals surface area contributed by atoms with E-state index in [1.54, 1.807) is 18.2 Å². The zero-order chi connectivity index (χ0) is 14.3. The lowest BCUT2D eigenvalue weighted by Gasteiger charge is -2.09. The smallest absolute Gasteiger partial charge is 0.295 e. The third-order valence-electron chi connectivity index (χ3n) is 2.92. The van der Waals surface area contributed by atoms with Gasteiger partial charge in [0.05, 0.1) is 0 Å². The zero-order valence-corrected chi connectivity index (χ0v) is 10.8. The third-order valence-corrected chi connectivity index (χ3v) is 3.17. The molecule has 2 heterocycles. The normalized spacial score (nSPS) is 12.0. The first-order valence-electron chi connectivity index (χ1n) is 5.77. The molecular weight excluding hydrogens is 289 g/mol. The van der Waals surface area contributed by atoms with Crippen molar-refractivity contribution in [1.82, 2.24) is 9.38 Å². The van der Waals surface area contributed by atoms with E-state index in [2.05, 4.69) is 4.98 Å². The summed E-state index contributed by atoms with van der Waals surface area (Å²) >= 11 is 5.76. The summed E-state index contributed by atoms with van der Waals surface area (Å²) in [4.78, 5) is 4.08. The van der Waals surface area contributed by atoms with E-state index in [9.17, 15) is 13.2 Å². The minimum absolute atomic E-state index is 0.0969. The maximum atomic E-state index is 13.3. The molecule has 0 saturated carbocycles. The lowest BCUT2D eigenvalue weighted by atomic mass is 10.1. The van der Waals surface area contributed by atoms with Crippen molar-refractivity contribution < 1.29 is 13.2 Å². The highest BCUT2D eigenvalue weighted by atomic mass is 35.5. The summed E-state index contributed by atoms with van der Waals surface area (Å²) in [6.07, 6.45) is -3.14. The first-order chi connectivity index (χ1) is 9.47. The van der Waals surface area contributed by atoms with Gasteiger partial charge < -0.3 is 0 Å². The SMILES string of the molecule is FC(F)(F)c1c(-c2ccc(Cl)cc2)nc2ccccn12. The van der Waals surface area contributed by atoms with Gasteiger partial charge in [-0.3, -0.25) is 4.40 Å². The fourth-order valence-corrected chi connectivity index (χ4v) is 2.20. The van der Waals surface area contributed by atoms with E-state index < -0.39 is 11.9 Å². The minimum Gasteiger partial charge on any atom is -0.295 e. The van der Waals surface area contributed by atoms with Crippen molar-refractivity contribution in [2.75, 3.05) is 0 Å². The summed E-state index contributed by atoms with van der Waals surface area (Å²) < 4.78 is 40.9. The number of fused-ring (bicyclic) bond motifs is 1. The molecule has 0 N–H and O–H groups in total. The van der Waals surface area contributed by atoms with Crippen molar-refractivity contribution in [3.8, 4) is 11.3 Å². The predicted molar refractivity (Wildman–Crippen MR) is 70.6 cm³/mol. The molecule has 2 aromatic heterocycles. The number of rotatable bonds is 1. The first kappa shape index (κ1) is 13.0. The van der Waals surface area contributed by atoms with E-state index in [0.29, 0.717) is 10.6 Å². The Morgan fingerprint density at radius 3 is 2.35 bits per heavy atom. The summed E-state index contributed by atoms with van der Waals surface area (Å²) in [5.41, 5.74) is -0.244. The van der Waals surface area contributed by atoms with Gasteiger partial charge in [0, 0.05) is 16.8 Å². The van der Waals surface area contributed by atoms with Crippen molar-refractivity contribution in [3.05, 3.63) is 59.4 Å². The highest BCUT2D eigenvalue weighted by Gasteiger charge is 2.38. The molecule has 0 spiro atoms. The van der Waals surface area contributed by atoms with Crippen molar-refractivity contribution in [3.63, 3.8) is 0 Å². The van der Waals surface area contributed by atoms with Crippen LogP contribution in [0.4, 0.5) is 13.2 Å². The van der Waals surface area contributed by atoms with E-state index in [4.69, 9.17) is 11.6 Å². The van der Waals surface area contributed by atoms with Crippen LogP contribution in [-0.2, 0) is 6.18 Å². The molecule has 0 aliphatic heterocycles. The number of hydrogen-bond donors (Lipinski definition) is 0.